The largest absolute Gasteiger partial charge is 0.508 e. The van der Waals surface area contributed by atoms with Crippen molar-refractivity contribution in [1.82, 2.24) is 0 Å². The number of rotatable bonds is 23. The predicted molar refractivity (Wildman–Crippen MR) is 172 cm³/mol. The van der Waals surface area contributed by atoms with Gasteiger partial charge in [-0.3, -0.25) is 0 Å². The Labute approximate surface area is 259 Å². The number of ether oxygens (including phenoxy) is 2. The zero-order valence-corrected chi connectivity index (χ0v) is 26.8. The summed E-state index contributed by atoms with van der Waals surface area (Å²) in [4.78, 5) is 13.3. The molecule has 0 spiro atoms. The Hall–Kier alpha value is -2.93. The van der Waals surface area contributed by atoms with Crippen LogP contribution in [-0.4, -0.2) is 45.7 Å². The summed E-state index contributed by atoms with van der Waals surface area (Å²) in [6.45, 7) is 4.18. The van der Waals surface area contributed by atoms with Gasteiger partial charge in [0, 0.05) is 12.1 Å². The molecule has 0 saturated carbocycles. The maximum Gasteiger partial charge on any atom is 0.342 e. The Kier molecular flexibility index (Phi) is 17.6. The van der Waals surface area contributed by atoms with Crippen LogP contribution < -0.4 is 4.74 Å². The summed E-state index contributed by atoms with van der Waals surface area (Å²) < 4.78 is 11.3. The zero-order chi connectivity index (χ0) is 31.5. The number of hydrogen-bond acceptors (Lipinski definition) is 7. The number of benzene rings is 2. The number of esters is 1. The summed E-state index contributed by atoms with van der Waals surface area (Å²) in [5, 5.41) is 39.9. The summed E-state index contributed by atoms with van der Waals surface area (Å²) in [5.41, 5.74) is 1.95. The van der Waals surface area contributed by atoms with Gasteiger partial charge in [-0.25, -0.2) is 4.79 Å². The average molecular weight is 601 g/mol. The van der Waals surface area contributed by atoms with E-state index in [1.54, 1.807) is 19.2 Å². The smallest absolute Gasteiger partial charge is 0.342 e. The Bertz CT molecular complexity index is 1050. The fourth-order valence-electron chi connectivity index (χ4n) is 5.74. The molecule has 242 valence electrons. The van der Waals surface area contributed by atoms with Crippen LogP contribution in [0.25, 0.3) is 0 Å². The lowest BCUT2D eigenvalue weighted by molar-refractivity contribution is 0.0249. The highest BCUT2D eigenvalue weighted by Crippen LogP contribution is 2.31. The third kappa shape index (κ3) is 14.4. The van der Waals surface area contributed by atoms with Crippen molar-refractivity contribution in [1.29, 1.82) is 0 Å². The highest BCUT2D eigenvalue weighted by atomic mass is 16.5. The molecule has 0 amide bonds. The van der Waals surface area contributed by atoms with Crippen LogP contribution in [0.5, 0.6) is 23.0 Å². The molecule has 2 aromatic carbocycles. The first-order chi connectivity index (χ1) is 20.8. The van der Waals surface area contributed by atoms with Crippen LogP contribution in [0.4, 0.5) is 0 Å². The van der Waals surface area contributed by atoms with Gasteiger partial charge in [0.25, 0.3) is 0 Å². The minimum absolute atomic E-state index is 0.0901. The fourth-order valence-corrected chi connectivity index (χ4v) is 5.74. The maximum absolute atomic E-state index is 13.3. The molecule has 2 unspecified atom stereocenters. The molecule has 0 saturated heterocycles. The first-order valence-corrected chi connectivity index (χ1v) is 16.6. The van der Waals surface area contributed by atoms with Gasteiger partial charge in [-0.15, -0.1) is 0 Å². The number of phenolic OH excluding ortho intramolecular Hbond substituents is 3. The van der Waals surface area contributed by atoms with E-state index in [9.17, 15) is 25.2 Å². The van der Waals surface area contributed by atoms with Crippen molar-refractivity contribution in [2.75, 3.05) is 7.11 Å². The number of aromatic hydroxyl groups is 3. The molecule has 0 aliphatic carbocycles. The Morgan fingerprint density at radius 3 is 1.91 bits per heavy atom. The van der Waals surface area contributed by atoms with Crippen LogP contribution in [0.3, 0.4) is 0 Å². The Balaban J connectivity index is 1.82. The summed E-state index contributed by atoms with van der Waals surface area (Å²) in [7, 11) is 1.55. The van der Waals surface area contributed by atoms with Crippen molar-refractivity contribution in [2.24, 2.45) is 0 Å². The number of aliphatic hydroxyl groups excluding tert-OH is 1. The number of phenols is 3. The van der Waals surface area contributed by atoms with Gasteiger partial charge in [-0.1, -0.05) is 71.6 Å². The second-order valence-corrected chi connectivity index (χ2v) is 11.9. The molecular weight excluding hydrogens is 544 g/mol. The molecule has 7 nitrogen and oxygen atoms in total. The van der Waals surface area contributed by atoms with E-state index in [1.807, 2.05) is 6.07 Å². The summed E-state index contributed by atoms with van der Waals surface area (Å²) in [6, 6.07) is 8.04. The molecule has 2 aromatic rings. The second-order valence-electron chi connectivity index (χ2n) is 11.9. The molecule has 2 rings (SSSR count). The van der Waals surface area contributed by atoms with Crippen LogP contribution in [0.15, 0.2) is 30.3 Å². The quantitative estimate of drug-likeness (QED) is 0.0744. The number of methoxy groups -OCH3 is 1. The van der Waals surface area contributed by atoms with E-state index >= 15 is 0 Å². The average Bonchev–Trinajstić information content (AvgIpc) is 2.95. The van der Waals surface area contributed by atoms with E-state index in [4.69, 9.17) is 9.47 Å². The Morgan fingerprint density at radius 2 is 1.28 bits per heavy atom. The monoisotopic (exact) mass is 600 g/mol. The van der Waals surface area contributed by atoms with Crippen LogP contribution in [0.1, 0.15) is 138 Å². The highest BCUT2D eigenvalue weighted by Gasteiger charge is 2.23. The lowest BCUT2D eigenvalue weighted by atomic mass is 9.98. The van der Waals surface area contributed by atoms with Crippen LogP contribution in [-0.2, 0) is 17.6 Å². The molecule has 7 heteroatoms. The third-order valence-electron chi connectivity index (χ3n) is 8.06. The van der Waals surface area contributed by atoms with Crippen molar-refractivity contribution in [3.8, 4) is 23.0 Å². The normalized spacial score (nSPS) is 12.7. The summed E-state index contributed by atoms with van der Waals surface area (Å²) in [5.74, 6) is 0.145. The number of unbranched alkanes of at least 4 members (excludes halogenated alkanes) is 8. The molecule has 0 radical (unpaired) electrons. The number of hydrogen-bond donors (Lipinski definition) is 4. The van der Waals surface area contributed by atoms with Gasteiger partial charge in [0.15, 0.2) is 0 Å². The topological polar surface area (TPSA) is 116 Å². The third-order valence-corrected chi connectivity index (χ3v) is 8.06. The Morgan fingerprint density at radius 1 is 0.698 bits per heavy atom. The zero-order valence-electron chi connectivity index (χ0n) is 26.8. The van der Waals surface area contributed by atoms with E-state index in [2.05, 4.69) is 13.8 Å². The molecule has 0 aliphatic heterocycles. The van der Waals surface area contributed by atoms with E-state index in [0.717, 1.165) is 120 Å². The molecule has 4 N–H and O–H groups in total. The predicted octanol–water partition coefficient (Wildman–Crippen LogP) is 8.76. The molecular formula is C36H56O7. The molecule has 0 bridgehead atoms. The summed E-state index contributed by atoms with van der Waals surface area (Å²) >= 11 is 0. The summed E-state index contributed by atoms with van der Waals surface area (Å²) in [6.07, 6.45) is 16.5. The van der Waals surface area contributed by atoms with E-state index < -0.39 is 5.97 Å². The lowest BCUT2D eigenvalue weighted by Crippen LogP contribution is -2.19. The molecule has 0 aromatic heterocycles. The van der Waals surface area contributed by atoms with Crippen molar-refractivity contribution in [3.63, 3.8) is 0 Å². The van der Waals surface area contributed by atoms with E-state index in [-0.39, 0.29) is 35.0 Å². The van der Waals surface area contributed by atoms with Gasteiger partial charge in [0.05, 0.1) is 13.2 Å². The van der Waals surface area contributed by atoms with Crippen molar-refractivity contribution < 1.29 is 34.7 Å². The maximum atomic E-state index is 13.3. The van der Waals surface area contributed by atoms with Crippen LogP contribution in [0, 0.1) is 0 Å². The van der Waals surface area contributed by atoms with Crippen molar-refractivity contribution >= 4 is 5.97 Å². The van der Waals surface area contributed by atoms with Gasteiger partial charge in [-0.05, 0) is 87.1 Å². The molecule has 0 fully saturated rings. The number of carbonyl (C=O) groups is 1. The highest BCUT2D eigenvalue weighted by molar-refractivity contribution is 5.94. The first kappa shape index (κ1) is 36.3. The van der Waals surface area contributed by atoms with Crippen molar-refractivity contribution in [2.45, 2.75) is 142 Å². The van der Waals surface area contributed by atoms with Gasteiger partial charge >= 0.3 is 5.97 Å². The van der Waals surface area contributed by atoms with Crippen LogP contribution >= 0.6 is 0 Å². The van der Waals surface area contributed by atoms with Crippen LogP contribution in [0.2, 0.25) is 0 Å². The van der Waals surface area contributed by atoms with Crippen molar-refractivity contribution in [3.05, 3.63) is 47.0 Å². The molecule has 43 heavy (non-hydrogen) atoms. The fraction of sp³-hybridized carbons (Fsp3) is 0.639. The standard InChI is InChI=1S/C36H56O7/c1-4-16-29(37)20-14-10-7-9-13-19-28-24-33(42-3)26-34(40)35(28)36(41)43-32(17-5-2)21-15-11-6-8-12-18-27-22-30(38)25-31(39)23-27/h22-26,29,32,37-40H,4-21H2,1-3H3. The number of carbonyl (C=O) groups excluding carboxylic acids is 1. The molecule has 0 aliphatic rings. The lowest BCUT2D eigenvalue weighted by Gasteiger charge is -2.19. The van der Waals surface area contributed by atoms with E-state index in [0.29, 0.717) is 12.2 Å². The minimum atomic E-state index is -0.465. The van der Waals surface area contributed by atoms with Gasteiger partial charge in [-0.2, -0.15) is 0 Å². The van der Waals surface area contributed by atoms with Gasteiger partial charge in [0.2, 0.25) is 0 Å². The second kappa shape index (κ2) is 20.9. The number of aliphatic hydroxyl groups is 1. The molecule has 0 heterocycles. The number of aryl methyl sites for hydroxylation is 2. The molecule has 2 atom stereocenters. The minimum Gasteiger partial charge on any atom is -0.508 e. The van der Waals surface area contributed by atoms with Gasteiger partial charge < -0.3 is 29.9 Å². The van der Waals surface area contributed by atoms with E-state index in [1.165, 1.54) is 12.1 Å². The first-order valence-electron chi connectivity index (χ1n) is 16.6. The van der Waals surface area contributed by atoms with Gasteiger partial charge in [0.1, 0.15) is 34.7 Å². The SMILES string of the molecule is CCCC(O)CCCCCCCc1cc(OC)cc(O)c1C(=O)OC(CCC)CCCCCCCc1cc(O)cc(O)c1.